The average molecular weight is 435 g/mol. The Balaban J connectivity index is 1.42. The molecule has 1 aliphatic rings. The first kappa shape index (κ1) is 21.3. The maximum Gasteiger partial charge on any atom is 0.251 e. The first-order valence-electron chi connectivity index (χ1n) is 10.4. The predicted octanol–water partition coefficient (Wildman–Crippen LogP) is 4.31. The van der Waals surface area contributed by atoms with Crippen LogP contribution in [-0.2, 0) is 23.0 Å². The molecule has 0 saturated heterocycles. The number of aryl methyl sites for hydroxylation is 1. The molecular formula is C25H26N2O3S. The fourth-order valence-electron chi connectivity index (χ4n) is 4.02. The van der Waals surface area contributed by atoms with E-state index in [9.17, 15) is 13.2 Å². The summed E-state index contributed by atoms with van der Waals surface area (Å²) in [6.45, 7) is 0.231. The Hall–Kier alpha value is -2.96. The molecule has 1 amide bonds. The van der Waals surface area contributed by atoms with Crippen LogP contribution in [0.1, 0.15) is 45.9 Å². The van der Waals surface area contributed by atoms with E-state index < -0.39 is 10.0 Å². The number of hydrogen-bond acceptors (Lipinski definition) is 3. The minimum Gasteiger partial charge on any atom is -0.345 e. The monoisotopic (exact) mass is 434 g/mol. The SMILES string of the molecule is CN(Cc1ccc(C(=O)N[C@@H]2CCCc3ccccc32)cc1)S(=O)(=O)c1ccccc1. The molecular weight excluding hydrogens is 408 g/mol. The van der Waals surface area contributed by atoms with Gasteiger partial charge in [-0.3, -0.25) is 4.79 Å². The highest BCUT2D eigenvalue weighted by Crippen LogP contribution is 2.29. The van der Waals surface area contributed by atoms with Gasteiger partial charge in [-0.2, -0.15) is 4.31 Å². The first-order valence-corrected chi connectivity index (χ1v) is 11.9. The van der Waals surface area contributed by atoms with Gasteiger partial charge in [0.2, 0.25) is 10.0 Å². The average Bonchev–Trinajstić information content (AvgIpc) is 2.80. The summed E-state index contributed by atoms with van der Waals surface area (Å²) in [4.78, 5) is 13.0. The van der Waals surface area contributed by atoms with Crippen LogP contribution in [0.15, 0.2) is 83.8 Å². The lowest BCUT2D eigenvalue weighted by Gasteiger charge is -2.26. The molecule has 0 aliphatic heterocycles. The van der Waals surface area contributed by atoms with Gasteiger partial charge in [-0.1, -0.05) is 54.6 Å². The summed E-state index contributed by atoms with van der Waals surface area (Å²) in [6, 6.07) is 23.8. The van der Waals surface area contributed by atoms with Gasteiger partial charge in [0.15, 0.2) is 0 Å². The smallest absolute Gasteiger partial charge is 0.251 e. The third-order valence-corrected chi connectivity index (χ3v) is 7.57. The molecule has 1 atom stereocenters. The van der Waals surface area contributed by atoms with Crippen LogP contribution in [-0.4, -0.2) is 25.7 Å². The molecule has 0 saturated carbocycles. The van der Waals surface area contributed by atoms with Crippen molar-refractivity contribution in [2.45, 2.75) is 36.7 Å². The van der Waals surface area contributed by atoms with E-state index in [2.05, 4.69) is 17.4 Å². The zero-order chi connectivity index (χ0) is 21.8. The van der Waals surface area contributed by atoms with E-state index in [4.69, 9.17) is 0 Å². The molecule has 0 heterocycles. The Labute approximate surface area is 183 Å². The molecule has 6 heteroatoms. The fraction of sp³-hybridized carbons (Fsp3) is 0.240. The number of nitrogens with zero attached hydrogens (tertiary/aromatic N) is 1. The van der Waals surface area contributed by atoms with Crippen molar-refractivity contribution in [2.24, 2.45) is 0 Å². The largest absolute Gasteiger partial charge is 0.345 e. The highest BCUT2D eigenvalue weighted by molar-refractivity contribution is 7.89. The maximum absolute atomic E-state index is 12.8. The quantitative estimate of drug-likeness (QED) is 0.629. The van der Waals surface area contributed by atoms with Gasteiger partial charge >= 0.3 is 0 Å². The van der Waals surface area contributed by atoms with Crippen LogP contribution in [0.2, 0.25) is 0 Å². The van der Waals surface area contributed by atoms with E-state index in [1.54, 1.807) is 61.6 Å². The highest BCUT2D eigenvalue weighted by atomic mass is 32.2. The van der Waals surface area contributed by atoms with Crippen LogP contribution < -0.4 is 5.32 Å². The molecule has 3 aromatic carbocycles. The van der Waals surface area contributed by atoms with Crippen molar-refractivity contribution in [1.82, 2.24) is 9.62 Å². The second kappa shape index (κ2) is 9.04. The Morgan fingerprint density at radius 2 is 1.65 bits per heavy atom. The molecule has 1 aliphatic carbocycles. The van der Waals surface area contributed by atoms with E-state index in [0.717, 1.165) is 24.8 Å². The van der Waals surface area contributed by atoms with E-state index in [-0.39, 0.29) is 23.4 Å². The van der Waals surface area contributed by atoms with Crippen molar-refractivity contribution in [3.63, 3.8) is 0 Å². The Morgan fingerprint density at radius 1 is 0.968 bits per heavy atom. The summed E-state index contributed by atoms with van der Waals surface area (Å²) in [5, 5.41) is 3.15. The molecule has 31 heavy (non-hydrogen) atoms. The topological polar surface area (TPSA) is 66.5 Å². The van der Waals surface area contributed by atoms with Crippen LogP contribution in [0.25, 0.3) is 0 Å². The molecule has 0 aromatic heterocycles. The second-order valence-corrected chi connectivity index (χ2v) is 9.93. The van der Waals surface area contributed by atoms with Crippen molar-refractivity contribution in [1.29, 1.82) is 0 Å². The van der Waals surface area contributed by atoms with Crippen LogP contribution in [0.5, 0.6) is 0 Å². The van der Waals surface area contributed by atoms with Gasteiger partial charge in [-0.05, 0) is 60.2 Å². The van der Waals surface area contributed by atoms with Gasteiger partial charge in [0.1, 0.15) is 0 Å². The van der Waals surface area contributed by atoms with E-state index in [1.807, 2.05) is 12.1 Å². The number of fused-ring (bicyclic) bond motifs is 1. The van der Waals surface area contributed by atoms with Crippen LogP contribution in [0, 0.1) is 0 Å². The van der Waals surface area contributed by atoms with Crippen molar-refractivity contribution in [2.75, 3.05) is 7.05 Å². The van der Waals surface area contributed by atoms with E-state index in [1.165, 1.54) is 15.4 Å². The van der Waals surface area contributed by atoms with Crippen LogP contribution in [0.4, 0.5) is 0 Å². The number of amides is 1. The molecule has 160 valence electrons. The number of nitrogens with one attached hydrogen (secondary N) is 1. The van der Waals surface area contributed by atoms with E-state index in [0.29, 0.717) is 5.56 Å². The van der Waals surface area contributed by atoms with Gasteiger partial charge in [-0.25, -0.2) is 8.42 Å². The normalized spacial score (nSPS) is 16.0. The third kappa shape index (κ3) is 4.70. The van der Waals surface area contributed by atoms with Crippen LogP contribution in [0.3, 0.4) is 0 Å². The summed E-state index contributed by atoms with van der Waals surface area (Å²) < 4.78 is 26.7. The van der Waals surface area contributed by atoms with Crippen molar-refractivity contribution in [3.8, 4) is 0 Å². The minimum absolute atomic E-state index is 0.0271. The van der Waals surface area contributed by atoms with Gasteiger partial charge in [0.05, 0.1) is 10.9 Å². The summed E-state index contributed by atoms with van der Waals surface area (Å²) in [7, 11) is -2.00. The minimum atomic E-state index is -3.56. The lowest BCUT2D eigenvalue weighted by Crippen LogP contribution is -2.31. The van der Waals surface area contributed by atoms with Gasteiger partial charge in [0, 0.05) is 19.2 Å². The molecule has 3 aromatic rings. The first-order chi connectivity index (χ1) is 14.9. The molecule has 0 unspecified atom stereocenters. The van der Waals surface area contributed by atoms with Gasteiger partial charge in [-0.15, -0.1) is 0 Å². The van der Waals surface area contributed by atoms with E-state index >= 15 is 0 Å². The molecule has 0 fully saturated rings. The number of hydrogen-bond donors (Lipinski definition) is 1. The van der Waals surface area contributed by atoms with Crippen molar-refractivity contribution in [3.05, 3.63) is 101 Å². The summed E-state index contributed by atoms with van der Waals surface area (Å²) in [5.74, 6) is -0.112. The molecule has 4 rings (SSSR count). The Kier molecular flexibility index (Phi) is 6.20. The number of rotatable bonds is 6. The number of benzene rings is 3. The number of carbonyl (C=O) groups excluding carboxylic acids is 1. The maximum atomic E-state index is 12.8. The van der Waals surface area contributed by atoms with Crippen molar-refractivity contribution < 1.29 is 13.2 Å². The Morgan fingerprint density at radius 3 is 2.39 bits per heavy atom. The van der Waals surface area contributed by atoms with Gasteiger partial charge in [0.25, 0.3) is 5.91 Å². The number of carbonyl (C=O) groups is 1. The molecule has 5 nitrogen and oxygen atoms in total. The molecule has 0 radical (unpaired) electrons. The second-order valence-electron chi connectivity index (χ2n) is 7.89. The molecule has 1 N–H and O–H groups in total. The fourth-order valence-corrected chi connectivity index (χ4v) is 5.20. The zero-order valence-electron chi connectivity index (χ0n) is 17.5. The summed E-state index contributed by atoms with van der Waals surface area (Å²) in [5.41, 5.74) is 3.89. The highest BCUT2D eigenvalue weighted by Gasteiger charge is 2.23. The van der Waals surface area contributed by atoms with Crippen molar-refractivity contribution >= 4 is 15.9 Å². The zero-order valence-corrected chi connectivity index (χ0v) is 18.3. The molecule has 0 bridgehead atoms. The summed E-state index contributed by atoms with van der Waals surface area (Å²) >= 11 is 0. The standard InChI is InChI=1S/C25H26N2O3S/c1-27(31(29,30)22-10-3-2-4-11-22)18-19-14-16-21(17-15-19)25(28)26-24-13-7-9-20-8-5-6-12-23(20)24/h2-6,8,10-12,14-17,24H,7,9,13,18H2,1H3,(H,26,28)/t24-/m1/s1. The lowest BCUT2D eigenvalue weighted by molar-refractivity contribution is 0.0932. The van der Waals surface area contributed by atoms with Crippen LogP contribution >= 0.6 is 0 Å². The summed E-state index contributed by atoms with van der Waals surface area (Å²) in [6.07, 6.45) is 3.04. The Bertz CT molecular complexity index is 1160. The third-order valence-electron chi connectivity index (χ3n) is 5.75. The lowest BCUT2D eigenvalue weighted by atomic mass is 9.87. The predicted molar refractivity (Wildman–Crippen MR) is 121 cm³/mol. The molecule has 0 spiro atoms. The number of sulfonamides is 1. The van der Waals surface area contributed by atoms with Gasteiger partial charge < -0.3 is 5.32 Å².